The first-order valence-corrected chi connectivity index (χ1v) is 5.49. The molecule has 1 aromatic rings. The van der Waals surface area contributed by atoms with Crippen LogP contribution in [0.15, 0.2) is 10.8 Å². The lowest BCUT2D eigenvalue weighted by molar-refractivity contribution is -0.143. The Kier molecular flexibility index (Phi) is 5.19. The van der Waals surface area contributed by atoms with Gasteiger partial charge in [-0.1, -0.05) is 0 Å². The molecule has 1 aromatic heterocycles. The first-order valence-electron chi connectivity index (χ1n) is 5.49. The molecule has 6 nitrogen and oxygen atoms in total. The highest BCUT2D eigenvalue weighted by atomic mass is 16.5. The standard InChI is InChI=1S/C11H16N2O4/c1-3-16-9(14)5-4-6-12-11(15)10-8(2)13-7-17-10/h7H,3-6H2,1-2H3,(H,12,15). The van der Waals surface area contributed by atoms with E-state index in [1.54, 1.807) is 13.8 Å². The van der Waals surface area contributed by atoms with Crippen LogP contribution in [-0.4, -0.2) is 30.0 Å². The highest BCUT2D eigenvalue weighted by Gasteiger charge is 2.13. The van der Waals surface area contributed by atoms with E-state index < -0.39 is 0 Å². The molecule has 1 amide bonds. The summed E-state index contributed by atoms with van der Waals surface area (Å²) >= 11 is 0. The highest BCUT2D eigenvalue weighted by molar-refractivity contribution is 5.92. The van der Waals surface area contributed by atoms with Crippen molar-refractivity contribution in [1.82, 2.24) is 10.3 Å². The van der Waals surface area contributed by atoms with Gasteiger partial charge in [0.1, 0.15) is 0 Å². The van der Waals surface area contributed by atoms with Crippen molar-refractivity contribution in [2.45, 2.75) is 26.7 Å². The third kappa shape index (κ3) is 4.26. The second-order valence-corrected chi connectivity index (χ2v) is 3.43. The van der Waals surface area contributed by atoms with Crippen LogP contribution in [0.1, 0.15) is 36.0 Å². The summed E-state index contributed by atoms with van der Waals surface area (Å²) in [4.78, 5) is 26.4. The number of hydrogen-bond acceptors (Lipinski definition) is 5. The minimum absolute atomic E-state index is 0.209. The fraction of sp³-hybridized carbons (Fsp3) is 0.545. The molecule has 1 rings (SSSR count). The quantitative estimate of drug-likeness (QED) is 0.594. The molecule has 0 fully saturated rings. The number of aryl methyl sites for hydroxylation is 1. The molecule has 1 heterocycles. The number of hydrogen-bond donors (Lipinski definition) is 1. The SMILES string of the molecule is CCOC(=O)CCCNC(=O)c1ocnc1C. The maximum atomic E-state index is 11.5. The zero-order chi connectivity index (χ0) is 12.7. The summed E-state index contributed by atoms with van der Waals surface area (Å²) in [5.74, 6) is -0.359. The molecule has 0 saturated heterocycles. The van der Waals surface area contributed by atoms with Crippen LogP contribution in [0.4, 0.5) is 0 Å². The summed E-state index contributed by atoms with van der Waals surface area (Å²) in [5.41, 5.74) is 0.549. The van der Waals surface area contributed by atoms with Crippen LogP contribution in [-0.2, 0) is 9.53 Å². The Labute approximate surface area is 99.4 Å². The number of nitrogens with zero attached hydrogens (tertiary/aromatic N) is 1. The van der Waals surface area contributed by atoms with Gasteiger partial charge in [-0.3, -0.25) is 9.59 Å². The normalized spacial score (nSPS) is 10.0. The Morgan fingerprint density at radius 3 is 2.88 bits per heavy atom. The molecular formula is C11H16N2O4. The smallest absolute Gasteiger partial charge is 0.305 e. The van der Waals surface area contributed by atoms with Gasteiger partial charge < -0.3 is 14.5 Å². The van der Waals surface area contributed by atoms with E-state index in [0.717, 1.165) is 0 Å². The van der Waals surface area contributed by atoms with Crippen LogP contribution in [0, 0.1) is 6.92 Å². The van der Waals surface area contributed by atoms with E-state index in [4.69, 9.17) is 9.15 Å². The summed E-state index contributed by atoms with van der Waals surface area (Å²) < 4.78 is 9.69. The molecule has 0 bridgehead atoms. The lowest BCUT2D eigenvalue weighted by Gasteiger charge is -2.03. The van der Waals surface area contributed by atoms with Crippen LogP contribution in [0.5, 0.6) is 0 Å². The van der Waals surface area contributed by atoms with E-state index in [2.05, 4.69) is 10.3 Å². The summed E-state index contributed by atoms with van der Waals surface area (Å²) in [6.45, 7) is 4.23. The Hall–Kier alpha value is -1.85. The van der Waals surface area contributed by atoms with Crippen LogP contribution < -0.4 is 5.32 Å². The van der Waals surface area contributed by atoms with E-state index in [0.29, 0.717) is 31.7 Å². The molecule has 94 valence electrons. The zero-order valence-corrected chi connectivity index (χ0v) is 9.99. The Morgan fingerprint density at radius 2 is 2.29 bits per heavy atom. The number of carbonyl (C=O) groups is 2. The number of ether oxygens (including phenoxy) is 1. The van der Waals surface area contributed by atoms with Crippen LogP contribution in [0.25, 0.3) is 0 Å². The monoisotopic (exact) mass is 240 g/mol. The molecule has 0 spiro atoms. The Bertz CT molecular complexity index is 387. The molecule has 0 aromatic carbocycles. The topological polar surface area (TPSA) is 81.4 Å². The van der Waals surface area contributed by atoms with Gasteiger partial charge in [0.2, 0.25) is 5.76 Å². The van der Waals surface area contributed by atoms with Crippen molar-refractivity contribution >= 4 is 11.9 Å². The van der Waals surface area contributed by atoms with Gasteiger partial charge in [0.15, 0.2) is 6.39 Å². The fourth-order valence-corrected chi connectivity index (χ4v) is 1.27. The van der Waals surface area contributed by atoms with E-state index in [1.165, 1.54) is 6.39 Å². The summed E-state index contributed by atoms with van der Waals surface area (Å²) in [6, 6.07) is 0. The molecule has 0 unspecified atom stereocenters. The van der Waals surface area contributed by atoms with Crippen LogP contribution >= 0.6 is 0 Å². The number of aromatic nitrogens is 1. The molecular weight excluding hydrogens is 224 g/mol. The number of amides is 1. The van der Waals surface area contributed by atoms with E-state index in [-0.39, 0.29) is 17.6 Å². The summed E-state index contributed by atoms with van der Waals surface area (Å²) in [5, 5.41) is 2.64. The summed E-state index contributed by atoms with van der Waals surface area (Å²) in [6.07, 6.45) is 2.06. The second kappa shape index (κ2) is 6.67. The van der Waals surface area contributed by atoms with Crippen LogP contribution in [0.2, 0.25) is 0 Å². The van der Waals surface area contributed by atoms with Crippen molar-refractivity contribution in [2.24, 2.45) is 0 Å². The predicted molar refractivity (Wildman–Crippen MR) is 59.4 cm³/mol. The second-order valence-electron chi connectivity index (χ2n) is 3.43. The minimum Gasteiger partial charge on any atom is -0.466 e. The highest BCUT2D eigenvalue weighted by Crippen LogP contribution is 2.04. The Morgan fingerprint density at radius 1 is 1.53 bits per heavy atom. The summed E-state index contributed by atoms with van der Waals surface area (Å²) in [7, 11) is 0. The number of esters is 1. The maximum Gasteiger partial charge on any atom is 0.305 e. The van der Waals surface area contributed by atoms with Crippen molar-refractivity contribution < 1.29 is 18.7 Å². The van der Waals surface area contributed by atoms with E-state index in [9.17, 15) is 9.59 Å². The minimum atomic E-state index is -0.316. The van der Waals surface area contributed by atoms with Crippen molar-refractivity contribution in [3.63, 3.8) is 0 Å². The largest absolute Gasteiger partial charge is 0.466 e. The molecule has 0 aliphatic rings. The van der Waals surface area contributed by atoms with Crippen molar-refractivity contribution in [2.75, 3.05) is 13.2 Å². The van der Waals surface area contributed by atoms with Gasteiger partial charge in [-0.15, -0.1) is 0 Å². The van der Waals surface area contributed by atoms with Gasteiger partial charge >= 0.3 is 5.97 Å². The lowest BCUT2D eigenvalue weighted by atomic mass is 10.3. The Balaban J connectivity index is 2.21. The van der Waals surface area contributed by atoms with Crippen molar-refractivity contribution in [1.29, 1.82) is 0 Å². The van der Waals surface area contributed by atoms with Crippen molar-refractivity contribution in [3.8, 4) is 0 Å². The molecule has 0 radical (unpaired) electrons. The number of nitrogens with one attached hydrogen (secondary N) is 1. The van der Waals surface area contributed by atoms with E-state index in [1.807, 2.05) is 0 Å². The van der Waals surface area contributed by atoms with Gasteiger partial charge in [-0.05, 0) is 20.3 Å². The number of carbonyl (C=O) groups excluding carboxylic acids is 2. The zero-order valence-electron chi connectivity index (χ0n) is 9.99. The first-order chi connectivity index (χ1) is 8.15. The molecule has 0 atom stereocenters. The predicted octanol–water partition coefficient (Wildman–Crippen LogP) is 1.06. The van der Waals surface area contributed by atoms with Gasteiger partial charge in [-0.25, -0.2) is 4.98 Å². The number of rotatable bonds is 6. The van der Waals surface area contributed by atoms with E-state index >= 15 is 0 Å². The molecule has 1 N–H and O–H groups in total. The lowest BCUT2D eigenvalue weighted by Crippen LogP contribution is -2.25. The van der Waals surface area contributed by atoms with Gasteiger partial charge in [0, 0.05) is 13.0 Å². The number of oxazole rings is 1. The maximum absolute atomic E-state index is 11.5. The van der Waals surface area contributed by atoms with Crippen LogP contribution in [0.3, 0.4) is 0 Å². The van der Waals surface area contributed by atoms with Gasteiger partial charge in [0.05, 0.1) is 12.3 Å². The third-order valence-electron chi connectivity index (χ3n) is 2.10. The van der Waals surface area contributed by atoms with Crippen molar-refractivity contribution in [3.05, 3.63) is 17.8 Å². The molecule has 6 heteroatoms. The first kappa shape index (κ1) is 13.2. The molecule has 17 heavy (non-hydrogen) atoms. The molecule has 0 aliphatic carbocycles. The molecule has 0 saturated carbocycles. The van der Waals surface area contributed by atoms with Gasteiger partial charge in [-0.2, -0.15) is 0 Å². The molecule has 0 aliphatic heterocycles. The third-order valence-corrected chi connectivity index (χ3v) is 2.10. The average Bonchev–Trinajstić information content (AvgIpc) is 2.71. The average molecular weight is 240 g/mol. The fourth-order valence-electron chi connectivity index (χ4n) is 1.27. The van der Waals surface area contributed by atoms with Gasteiger partial charge in [0.25, 0.3) is 5.91 Å².